The lowest BCUT2D eigenvalue weighted by Gasteiger charge is -2.35. The number of aromatic nitrogens is 4. The van der Waals surface area contributed by atoms with Crippen LogP contribution >= 0.6 is 11.3 Å². The molecule has 182 valence electrons. The Morgan fingerprint density at radius 2 is 1.92 bits per heavy atom. The number of thiophene rings is 1. The monoisotopic (exact) mass is 495 g/mol. The summed E-state index contributed by atoms with van der Waals surface area (Å²) in [6.07, 6.45) is 3.41. The fourth-order valence-electron chi connectivity index (χ4n) is 5.86. The molecule has 1 saturated heterocycles. The summed E-state index contributed by atoms with van der Waals surface area (Å²) in [6.45, 7) is 7.27. The van der Waals surface area contributed by atoms with Crippen molar-refractivity contribution in [3.63, 3.8) is 0 Å². The summed E-state index contributed by atoms with van der Waals surface area (Å²) in [5.74, 6) is 0. The first-order chi connectivity index (χ1) is 17.5. The van der Waals surface area contributed by atoms with Crippen molar-refractivity contribution in [3.8, 4) is 33.0 Å². The number of aromatic amines is 1. The molecule has 0 radical (unpaired) electrons. The van der Waals surface area contributed by atoms with Crippen LogP contribution in [0.1, 0.15) is 29.9 Å². The minimum Gasteiger partial charge on any atom is -0.373 e. The average molecular weight is 496 g/mol. The van der Waals surface area contributed by atoms with Crippen molar-refractivity contribution in [1.82, 2.24) is 24.9 Å². The molecule has 7 rings (SSSR count). The van der Waals surface area contributed by atoms with Crippen LogP contribution in [0.4, 0.5) is 0 Å². The Morgan fingerprint density at radius 1 is 1.06 bits per heavy atom. The fourth-order valence-corrected chi connectivity index (χ4v) is 7.03. The number of aryl methyl sites for hydroxylation is 1. The number of hydrogen-bond acceptors (Lipinski definition) is 5. The van der Waals surface area contributed by atoms with Crippen LogP contribution < -0.4 is 0 Å². The maximum Gasteiger partial charge on any atom is 0.0963 e. The van der Waals surface area contributed by atoms with Crippen LogP contribution in [0.3, 0.4) is 0 Å². The summed E-state index contributed by atoms with van der Waals surface area (Å²) in [4.78, 5) is 5.24. The van der Waals surface area contributed by atoms with Gasteiger partial charge in [-0.3, -0.25) is 14.7 Å². The standard InChI is InChI=1S/C29H29N5OS/c1-17-14-34(15-18(2)35-17)16-19-5-4-6-20(9-19)26-11-23-27(36-26)12-24-28(31-32-29(23)24)21-7-8-22-13-30-33(3)25(22)10-21/h4-11,13,17-18H,12,14-16H2,1-3H3,(H,31,32)/t17-,18+. The lowest BCUT2D eigenvalue weighted by molar-refractivity contribution is -0.0704. The molecule has 0 saturated carbocycles. The highest BCUT2D eigenvalue weighted by atomic mass is 32.1. The van der Waals surface area contributed by atoms with Gasteiger partial charge >= 0.3 is 0 Å². The Hall–Kier alpha value is -3.26. The molecule has 2 aliphatic rings. The summed E-state index contributed by atoms with van der Waals surface area (Å²) in [5, 5.41) is 13.6. The van der Waals surface area contributed by atoms with E-state index in [9.17, 15) is 0 Å². The molecule has 0 amide bonds. The molecule has 1 aliphatic carbocycles. The second-order valence-electron chi connectivity index (χ2n) is 10.2. The quantitative estimate of drug-likeness (QED) is 0.332. The highest BCUT2D eigenvalue weighted by Gasteiger charge is 2.28. The molecular weight excluding hydrogens is 466 g/mol. The molecule has 3 aromatic heterocycles. The minimum atomic E-state index is 0.289. The van der Waals surface area contributed by atoms with Gasteiger partial charge in [-0.1, -0.05) is 30.3 Å². The Labute approximate surface area is 214 Å². The first-order valence-corrected chi connectivity index (χ1v) is 13.4. The number of H-pyrrole nitrogens is 1. The minimum absolute atomic E-state index is 0.289. The van der Waals surface area contributed by atoms with E-state index in [1.54, 1.807) is 0 Å². The van der Waals surface area contributed by atoms with Gasteiger partial charge in [-0.05, 0) is 43.2 Å². The van der Waals surface area contributed by atoms with Crippen LogP contribution in [-0.4, -0.2) is 50.2 Å². The maximum absolute atomic E-state index is 5.91. The van der Waals surface area contributed by atoms with Gasteiger partial charge in [0.15, 0.2) is 0 Å². The van der Waals surface area contributed by atoms with Gasteiger partial charge in [0.05, 0.1) is 35.3 Å². The topological polar surface area (TPSA) is 59.0 Å². The van der Waals surface area contributed by atoms with Gasteiger partial charge in [-0.15, -0.1) is 11.3 Å². The molecule has 36 heavy (non-hydrogen) atoms. The number of hydrogen-bond donors (Lipinski definition) is 1. The molecule has 2 atom stereocenters. The van der Waals surface area contributed by atoms with Crippen LogP contribution in [-0.2, 0) is 24.8 Å². The third-order valence-corrected chi connectivity index (χ3v) is 8.60. The fraction of sp³-hybridized carbons (Fsp3) is 0.310. The molecule has 0 spiro atoms. The summed E-state index contributed by atoms with van der Waals surface area (Å²) < 4.78 is 7.83. The van der Waals surface area contributed by atoms with E-state index in [1.165, 1.54) is 37.7 Å². The van der Waals surface area contributed by atoms with Crippen LogP contribution in [0.15, 0.2) is 54.7 Å². The van der Waals surface area contributed by atoms with E-state index in [0.717, 1.165) is 48.2 Å². The van der Waals surface area contributed by atoms with Crippen molar-refractivity contribution in [2.24, 2.45) is 7.05 Å². The molecule has 0 bridgehead atoms. The van der Waals surface area contributed by atoms with Crippen LogP contribution in [0, 0.1) is 0 Å². The van der Waals surface area contributed by atoms with Crippen molar-refractivity contribution in [3.05, 3.63) is 70.7 Å². The zero-order valence-corrected chi connectivity index (χ0v) is 21.6. The normalized spacial score (nSPS) is 19.6. The second-order valence-corrected chi connectivity index (χ2v) is 11.4. The zero-order chi connectivity index (χ0) is 24.4. The first kappa shape index (κ1) is 22.0. The predicted octanol–water partition coefficient (Wildman–Crippen LogP) is 5.87. The van der Waals surface area contributed by atoms with Gasteiger partial charge in [0.25, 0.3) is 0 Å². The Kier molecular flexibility index (Phi) is 5.13. The van der Waals surface area contributed by atoms with Crippen molar-refractivity contribution < 1.29 is 4.74 Å². The first-order valence-electron chi connectivity index (χ1n) is 12.6. The third kappa shape index (κ3) is 3.70. The molecule has 2 aromatic carbocycles. The highest BCUT2D eigenvalue weighted by molar-refractivity contribution is 7.16. The Morgan fingerprint density at radius 3 is 2.78 bits per heavy atom. The van der Waals surface area contributed by atoms with E-state index < -0.39 is 0 Å². The molecule has 7 heteroatoms. The van der Waals surface area contributed by atoms with Gasteiger partial charge in [-0.25, -0.2) is 0 Å². The van der Waals surface area contributed by atoms with Crippen molar-refractivity contribution in [2.75, 3.05) is 13.1 Å². The summed E-state index contributed by atoms with van der Waals surface area (Å²) in [7, 11) is 1.98. The van der Waals surface area contributed by atoms with Crippen molar-refractivity contribution >= 4 is 22.2 Å². The van der Waals surface area contributed by atoms with Crippen LogP contribution in [0.2, 0.25) is 0 Å². The van der Waals surface area contributed by atoms with E-state index in [-0.39, 0.29) is 12.2 Å². The Bertz CT molecular complexity index is 1580. The summed E-state index contributed by atoms with van der Waals surface area (Å²) in [5.41, 5.74) is 9.73. The molecular formula is C29H29N5OS. The number of nitrogens with zero attached hydrogens (tertiary/aromatic N) is 4. The van der Waals surface area contributed by atoms with E-state index in [2.05, 4.69) is 77.5 Å². The number of rotatable bonds is 4. The Balaban J connectivity index is 1.16. The van der Waals surface area contributed by atoms with E-state index in [0.29, 0.717) is 0 Å². The van der Waals surface area contributed by atoms with Gasteiger partial charge in [0.1, 0.15) is 0 Å². The summed E-state index contributed by atoms with van der Waals surface area (Å²) in [6, 6.07) is 17.8. The van der Waals surface area contributed by atoms with Crippen LogP contribution in [0.5, 0.6) is 0 Å². The molecule has 1 fully saturated rings. The smallest absolute Gasteiger partial charge is 0.0963 e. The summed E-state index contributed by atoms with van der Waals surface area (Å²) >= 11 is 1.91. The number of ether oxygens (including phenoxy) is 1. The van der Waals surface area contributed by atoms with E-state index in [1.807, 2.05) is 29.3 Å². The third-order valence-electron chi connectivity index (χ3n) is 7.42. The highest BCUT2D eigenvalue weighted by Crippen LogP contribution is 2.46. The molecule has 5 aromatic rings. The maximum atomic E-state index is 5.91. The lowest BCUT2D eigenvalue weighted by Crippen LogP contribution is -2.44. The molecule has 6 nitrogen and oxygen atoms in total. The number of morpholine rings is 1. The largest absolute Gasteiger partial charge is 0.373 e. The second kappa shape index (κ2) is 8.40. The predicted molar refractivity (Wildman–Crippen MR) is 145 cm³/mol. The van der Waals surface area contributed by atoms with Crippen molar-refractivity contribution in [1.29, 1.82) is 0 Å². The number of benzene rings is 2. The average Bonchev–Trinajstić information content (AvgIpc) is 3.60. The van der Waals surface area contributed by atoms with Gasteiger partial charge < -0.3 is 4.74 Å². The number of fused-ring (bicyclic) bond motifs is 4. The van der Waals surface area contributed by atoms with Gasteiger partial charge in [0, 0.05) is 64.9 Å². The van der Waals surface area contributed by atoms with Gasteiger partial charge in [-0.2, -0.15) is 10.2 Å². The molecule has 4 heterocycles. The van der Waals surface area contributed by atoms with E-state index >= 15 is 0 Å². The van der Waals surface area contributed by atoms with Gasteiger partial charge in [0.2, 0.25) is 0 Å². The molecule has 1 N–H and O–H groups in total. The van der Waals surface area contributed by atoms with E-state index in [4.69, 9.17) is 9.84 Å². The zero-order valence-electron chi connectivity index (χ0n) is 20.8. The van der Waals surface area contributed by atoms with Crippen molar-refractivity contribution in [2.45, 2.75) is 39.0 Å². The van der Waals surface area contributed by atoms with Crippen LogP contribution in [0.25, 0.3) is 43.9 Å². The molecule has 1 aliphatic heterocycles. The molecule has 0 unspecified atom stereocenters. The SMILES string of the molecule is C[C@@H]1CN(Cc2cccc(-c3cc4c(s3)Cc3c(-c5ccc6cnn(C)c6c5)n[nH]c3-4)c2)C[C@H](C)O1. The number of nitrogens with one attached hydrogen (secondary N) is 1. The lowest BCUT2D eigenvalue weighted by atomic mass is 10.0.